The first-order valence-electron chi connectivity index (χ1n) is 19.9. The van der Waals surface area contributed by atoms with Crippen molar-refractivity contribution >= 4 is 60.4 Å². The molecule has 0 aliphatic heterocycles. The largest absolute Gasteiger partial charge is 0.310 e. The number of rotatable bonds is 7. The number of hydrogen-bond donors (Lipinski definition) is 0. The maximum atomic E-state index is 2.44. The van der Waals surface area contributed by atoms with Gasteiger partial charge in [-0.2, -0.15) is 0 Å². The van der Waals surface area contributed by atoms with Crippen molar-refractivity contribution in [3.63, 3.8) is 0 Å². The average Bonchev–Trinajstić information content (AvgIpc) is 3.63. The van der Waals surface area contributed by atoms with Crippen LogP contribution in [-0.2, 0) is 0 Å². The monoisotopic (exact) mass is 738 g/mol. The molecule has 10 aromatic carbocycles. The number of hydrogen-bond acceptors (Lipinski definition) is 1. The molecular weight excluding hydrogens is 701 g/mol. The molecule has 2 nitrogen and oxygen atoms in total. The van der Waals surface area contributed by atoms with Gasteiger partial charge in [0.25, 0.3) is 0 Å². The number of aromatic nitrogens is 1. The summed E-state index contributed by atoms with van der Waals surface area (Å²) < 4.78 is 2.44. The van der Waals surface area contributed by atoms with Crippen LogP contribution in [0.1, 0.15) is 0 Å². The number of benzene rings is 10. The molecule has 58 heavy (non-hydrogen) atoms. The molecular formula is C56H38N2. The zero-order valence-corrected chi connectivity index (χ0v) is 31.8. The van der Waals surface area contributed by atoms with Crippen LogP contribution < -0.4 is 4.90 Å². The first-order chi connectivity index (χ1) is 28.8. The van der Waals surface area contributed by atoms with Gasteiger partial charge in [0.2, 0.25) is 0 Å². The smallest absolute Gasteiger partial charge is 0.0541 e. The number of para-hydroxylation sites is 4. The second-order valence-corrected chi connectivity index (χ2v) is 14.9. The molecule has 11 aromatic rings. The minimum absolute atomic E-state index is 1.09. The Hall–Kier alpha value is -7.68. The quantitative estimate of drug-likeness (QED) is 0.158. The number of fused-ring (bicyclic) bond motifs is 5. The zero-order chi connectivity index (χ0) is 38.4. The highest BCUT2D eigenvalue weighted by atomic mass is 15.1. The van der Waals surface area contributed by atoms with E-state index in [-0.39, 0.29) is 0 Å². The van der Waals surface area contributed by atoms with E-state index in [1.807, 2.05) is 0 Å². The predicted molar refractivity (Wildman–Crippen MR) is 247 cm³/mol. The zero-order valence-electron chi connectivity index (χ0n) is 31.8. The van der Waals surface area contributed by atoms with Gasteiger partial charge in [-0.3, -0.25) is 0 Å². The average molecular weight is 739 g/mol. The van der Waals surface area contributed by atoms with E-state index in [0.717, 1.165) is 22.7 Å². The molecule has 0 aliphatic carbocycles. The molecule has 0 amide bonds. The third-order valence-electron chi connectivity index (χ3n) is 11.6. The Balaban J connectivity index is 1.13. The van der Waals surface area contributed by atoms with Crippen molar-refractivity contribution in [2.75, 3.05) is 4.90 Å². The lowest BCUT2D eigenvalue weighted by Gasteiger charge is -2.27. The first-order valence-corrected chi connectivity index (χ1v) is 19.9. The maximum Gasteiger partial charge on any atom is 0.0541 e. The second-order valence-electron chi connectivity index (χ2n) is 14.9. The van der Waals surface area contributed by atoms with E-state index in [4.69, 9.17) is 0 Å². The summed E-state index contributed by atoms with van der Waals surface area (Å²) in [7, 11) is 0. The summed E-state index contributed by atoms with van der Waals surface area (Å²) in [6, 6.07) is 83.7. The van der Waals surface area contributed by atoms with Gasteiger partial charge in [0, 0.05) is 33.4 Å². The molecule has 272 valence electrons. The molecule has 0 N–H and O–H groups in total. The van der Waals surface area contributed by atoms with E-state index in [0.29, 0.717) is 0 Å². The fourth-order valence-corrected chi connectivity index (χ4v) is 8.96. The molecule has 0 fully saturated rings. The van der Waals surface area contributed by atoms with Crippen LogP contribution in [0.5, 0.6) is 0 Å². The molecule has 0 spiro atoms. The van der Waals surface area contributed by atoms with Gasteiger partial charge in [-0.25, -0.2) is 0 Å². The molecule has 1 heterocycles. The van der Waals surface area contributed by atoms with Crippen molar-refractivity contribution in [3.05, 3.63) is 231 Å². The van der Waals surface area contributed by atoms with Crippen LogP contribution in [0.25, 0.3) is 82.4 Å². The second kappa shape index (κ2) is 14.1. The van der Waals surface area contributed by atoms with Gasteiger partial charge >= 0.3 is 0 Å². The van der Waals surface area contributed by atoms with E-state index in [1.54, 1.807) is 0 Å². The Labute approximate surface area is 338 Å². The first kappa shape index (κ1) is 33.6. The van der Waals surface area contributed by atoms with Crippen molar-refractivity contribution < 1.29 is 0 Å². The van der Waals surface area contributed by atoms with Gasteiger partial charge in [0.1, 0.15) is 0 Å². The molecule has 2 heteroatoms. The van der Waals surface area contributed by atoms with Gasteiger partial charge in [-0.05, 0) is 104 Å². The summed E-state index contributed by atoms with van der Waals surface area (Å²) >= 11 is 0. The van der Waals surface area contributed by atoms with Crippen molar-refractivity contribution in [1.82, 2.24) is 4.57 Å². The summed E-state index contributed by atoms with van der Waals surface area (Å²) in [6.07, 6.45) is 0. The van der Waals surface area contributed by atoms with Crippen LogP contribution in [0.4, 0.5) is 17.1 Å². The molecule has 11 rings (SSSR count). The molecule has 0 aliphatic rings. The Morgan fingerprint density at radius 3 is 1.45 bits per heavy atom. The lowest BCUT2D eigenvalue weighted by atomic mass is 9.90. The molecule has 0 saturated carbocycles. The minimum Gasteiger partial charge on any atom is -0.310 e. The van der Waals surface area contributed by atoms with Crippen LogP contribution >= 0.6 is 0 Å². The maximum absolute atomic E-state index is 2.44. The van der Waals surface area contributed by atoms with Crippen LogP contribution in [0.3, 0.4) is 0 Å². The Bertz CT molecular complexity index is 3220. The summed E-state index contributed by atoms with van der Waals surface area (Å²) in [5.41, 5.74) is 14.0. The topological polar surface area (TPSA) is 8.17 Å². The molecule has 0 unspecified atom stereocenters. The highest BCUT2D eigenvalue weighted by Crippen LogP contribution is 2.45. The van der Waals surface area contributed by atoms with E-state index in [9.17, 15) is 0 Å². The summed E-state index contributed by atoms with van der Waals surface area (Å²) in [5.74, 6) is 0. The minimum atomic E-state index is 1.09. The molecule has 0 radical (unpaired) electrons. The fourth-order valence-electron chi connectivity index (χ4n) is 8.96. The highest BCUT2D eigenvalue weighted by molar-refractivity contribution is 6.10. The summed E-state index contributed by atoms with van der Waals surface area (Å²) in [6.45, 7) is 0. The van der Waals surface area contributed by atoms with Crippen molar-refractivity contribution in [1.29, 1.82) is 0 Å². The van der Waals surface area contributed by atoms with Gasteiger partial charge < -0.3 is 9.47 Å². The summed E-state index contributed by atoms with van der Waals surface area (Å²) in [4.78, 5) is 2.38. The normalized spacial score (nSPS) is 11.4. The Morgan fingerprint density at radius 1 is 0.276 bits per heavy atom. The lowest BCUT2D eigenvalue weighted by Crippen LogP contribution is -2.10. The van der Waals surface area contributed by atoms with Crippen LogP contribution in [0.2, 0.25) is 0 Å². The van der Waals surface area contributed by atoms with Crippen molar-refractivity contribution in [3.8, 4) is 39.1 Å². The van der Waals surface area contributed by atoms with Gasteiger partial charge in [0.05, 0.1) is 16.7 Å². The Kier molecular flexibility index (Phi) is 8.19. The fraction of sp³-hybridized carbons (Fsp3) is 0. The van der Waals surface area contributed by atoms with Gasteiger partial charge in [0.15, 0.2) is 0 Å². The van der Waals surface area contributed by atoms with Crippen LogP contribution in [-0.4, -0.2) is 4.57 Å². The van der Waals surface area contributed by atoms with Gasteiger partial charge in [-0.15, -0.1) is 0 Å². The summed E-state index contributed by atoms with van der Waals surface area (Å²) in [5, 5.41) is 7.45. The van der Waals surface area contributed by atoms with Crippen LogP contribution in [0, 0.1) is 0 Å². The van der Waals surface area contributed by atoms with E-state index in [1.165, 1.54) is 76.7 Å². The molecule has 1 aromatic heterocycles. The third-order valence-corrected chi connectivity index (χ3v) is 11.6. The van der Waals surface area contributed by atoms with E-state index in [2.05, 4.69) is 240 Å². The third kappa shape index (κ3) is 5.66. The SMILES string of the molecule is c1ccc(N(c2ccc(-c3cccc4ccccc34)cc2)c2ccc(-c3ccccc3-n3c4ccccc4c4ccccc43)c(-c3cccc4ccccc34)c2)cc1. The Morgan fingerprint density at radius 2 is 0.759 bits per heavy atom. The van der Waals surface area contributed by atoms with E-state index < -0.39 is 0 Å². The molecule has 0 atom stereocenters. The molecule has 0 bridgehead atoms. The predicted octanol–water partition coefficient (Wildman–Crippen LogP) is 15.6. The van der Waals surface area contributed by atoms with Crippen molar-refractivity contribution in [2.24, 2.45) is 0 Å². The number of anilines is 3. The molecule has 0 saturated heterocycles. The van der Waals surface area contributed by atoms with E-state index >= 15 is 0 Å². The number of nitrogens with zero attached hydrogens (tertiary/aromatic N) is 2. The van der Waals surface area contributed by atoms with Crippen molar-refractivity contribution in [2.45, 2.75) is 0 Å². The van der Waals surface area contributed by atoms with Gasteiger partial charge in [-0.1, -0.05) is 176 Å². The lowest BCUT2D eigenvalue weighted by molar-refractivity contribution is 1.18. The highest BCUT2D eigenvalue weighted by Gasteiger charge is 2.21. The van der Waals surface area contributed by atoms with Crippen LogP contribution in [0.15, 0.2) is 231 Å². The standard InChI is InChI=1S/C56H38N2/c1-2-20-42(21-3-1)57(43-34-32-41(33-35-43)46-27-14-18-39-16-4-6-22-45(39)46)44-36-37-49(53(38-44)48-28-15-19-40-17-5-7-23-47(40)48)50-24-8-11-29-54(50)58-55-30-12-9-25-51(55)52-26-10-13-31-56(52)58/h1-38H.